The fourth-order valence-electron chi connectivity index (χ4n) is 2.76. The Kier molecular flexibility index (Phi) is 3.85. The zero-order valence-electron chi connectivity index (χ0n) is 12.7. The van der Waals surface area contributed by atoms with Gasteiger partial charge >= 0.3 is 5.63 Å². The van der Waals surface area contributed by atoms with Crippen molar-refractivity contribution in [2.24, 2.45) is 0 Å². The number of hydrogen-bond acceptors (Lipinski definition) is 5. The highest BCUT2D eigenvalue weighted by Crippen LogP contribution is 2.30. The summed E-state index contributed by atoms with van der Waals surface area (Å²) in [7, 11) is 0. The van der Waals surface area contributed by atoms with Crippen LogP contribution in [0.1, 0.15) is 12.5 Å². The van der Waals surface area contributed by atoms with Gasteiger partial charge in [0.25, 0.3) is 0 Å². The fraction of sp³-hybridized carbons (Fsp3) is 0.375. The van der Waals surface area contributed by atoms with Crippen molar-refractivity contribution in [2.75, 3.05) is 36.4 Å². The molecule has 1 fully saturated rings. The van der Waals surface area contributed by atoms with E-state index in [1.54, 1.807) is 6.07 Å². The molecular weight excluding hydrogens is 282 g/mol. The molecule has 2 heterocycles. The highest BCUT2D eigenvalue weighted by molar-refractivity contribution is 5.95. The molecule has 1 aromatic heterocycles. The Balaban J connectivity index is 2.15. The van der Waals surface area contributed by atoms with E-state index < -0.39 is 5.63 Å². The number of hydrogen-bond donors (Lipinski definition) is 2. The van der Waals surface area contributed by atoms with Gasteiger partial charge in [0, 0.05) is 38.5 Å². The SMILES string of the molecule is CC(=O)Nc1cc2c(C)ccc(N3CCNCC3)c2oc1=O. The second-order valence-corrected chi connectivity index (χ2v) is 5.51. The Morgan fingerprint density at radius 2 is 2.05 bits per heavy atom. The van der Waals surface area contributed by atoms with Gasteiger partial charge < -0.3 is 20.0 Å². The number of carbonyl (C=O) groups excluding carboxylic acids is 1. The number of aryl methyl sites for hydroxylation is 1. The van der Waals surface area contributed by atoms with E-state index in [9.17, 15) is 9.59 Å². The molecule has 2 aromatic rings. The quantitative estimate of drug-likeness (QED) is 0.822. The number of rotatable bonds is 2. The first kappa shape index (κ1) is 14.6. The summed E-state index contributed by atoms with van der Waals surface area (Å²) in [4.78, 5) is 25.5. The summed E-state index contributed by atoms with van der Waals surface area (Å²) >= 11 is 0. The Bertz CT molecular complexity index is 776. The minimum atomic E-state index is -0.523. The number of nitrogens with zero attached hydrogens (tertiary/aromatic N) is 1. The molecule has 0 bridgehead atoms. The van der Waals surface area contributed by atoms with Crippen LogP contribution in [0.25, 0.3) is 11.0 Å². The monoisotopic (exact) mass is 301 g/mol. The van der Waals surface area contributed by atoms with Crippen LogP contribution in [0.3, 0.4) is 0 Å². The third kappa shape index (κ3) is 2.69. The lowest BCUT2D eigenvalue weighted by atomic mass is 10.1. The van der Waals surface area contributed by atoms with Gasteiger partial charge in [-0.2, -0.15) is 0 Å². The molecule has 116 valence electrons. The zero-order valence-corrected chi connectivity index (χ0v) is 12.7. The molecule has 1 aliphatic rings. The standard InChI is InChI=1S/C16H19N3O3/c1-10-3-4-14(19-7-5-17-6-8-19)15-12(10)9-13(16(21)22-15)18-11(2)20/h3-4,9,17H,5-8H2,1-2H3,(H,18,20). The van der Waals surface area contributed by atoms with Crippen LogP contribution in [0.4, 0.5) is 11.4 Å². The normalized spacial score (nSPS) is 15.1. The van der Waals surface area contributed by atoms with Crippen LogP contribution in [0.2, 0.25) is 0 Å². The van der Waals surface area contributed by atoms with Crippen LogP contribution < -0.4 is 21.2 Å². The number of benzene rings is 1. The number of piperazine rings is 1. The van der Waals surface area contributed by atoms with Gasteiger partial charge in [0.2, 0.25) is 5.91 Å². The highest BCUT2D eigenvalue weighted by atomic mass is 16.4. The molecule has 0 unspecified atom stereocenters. The number of fused-ring (bicyclic) bond motifs is 1. The van der Waals surface area contributed by atoms with Gasteiger partial charge in [0.15, 0.2) is 5.58 Å². The molecule has 1 amide bonds. The van der Waals surface area contributed by atoms with Crippen LogP contribution in [0.15, 0.2) is 27.4 Å². The van der Waals surface area contributed by atoms with Gasteiger partial charge in [0.1, 0.15) is 5.69 Å². The number of carbonyl (C=O) groups is 1. The van der Waals surface area contributed by atoms with E-state index in [0.717, 1.165) is 42.8 Å². The van der Waals surface area contributed by atoms with E-state index in [0.29, 0.717) is 5.58 Å². The molecule has 3 rings (SSSR count). The Hall–Kier alpha value is -2.34. The average Bonchev–Trinajstić information content (AvgIpc) is 2.49. The van der Waals surface area contributed by atoms with Crippen molar-refractivity contribution < 1.29 is 9.21 Å². The first-order chi connectivity index (χ1) is 10.6. The number of nitrogens with one attached hydrogen (secondary N) is 2. The third-order valence-corrected chi connectivity index (χ3v) is 3.87. The number of amides is 1. The maximum atomic E-state index is 12.1. The molecule has 1 aromatic carbocycles. The molecule has 2 N–H and O–H groups in total. The Morgan fingerprint density at radius 1 is 1.32 bits per heavy atom. The van der Waals surface area contributed by atoms with Crippen LogP contribution >= 0.6 is 0 Å². The van der Waals surface area contributed by atoms with Crippen molar-refractivity contribution in [1.82, 2.24) is 5.32 Å². The Morgan fingerprint density at radius 3 is 2.73 bits per heavy atom. The summed E-state index contributed by atoms with van der Waals surface area (Å²) in [5.74, 6) is -0.289. The topological polar surface area (TPSA) is 74.6 Å². The minimum absolute atomic E-state index is 0.181. The summed E-state index contributed by atoms with van der Waals surface area (Å²) in [6.07, 6.45) is 0. The fourth-order valence-corrected chi connectivity index (χ4v) is 2.76. The highest BCUT2D eigenvalue weighted by Gasteiger charge is 2.17. The van der Waals surface area contributed by atoms with E-state index in [-0.39, 0.29) is 11.6 Å². The van der Waals surface area contributed by atoms with Gasteiger partial charge in [-0.3, -0.25) is 4.79 Å². The molecule has 0 spiro atoms. The summed E-state index contributed by atoms with van der Waals surface area (Å²) in [6, 6.07) is 5.70. The van der Waals surface area contributed by atoms with E-state index >= 15 is 0 Å². The maximum absolute atomic E-state index is 12.1. The Labute approximate surface area is 128 Å². The second-order valence-electron chi connectivity index (χ2n) is 5.51. The molecule has 1 saturated heterocycles. The number of anilines is 2. The van der Waals surface area contributed by atoms with Crippen LogP contribution in [0.5, 0.6) is 0 Å². The molecule has 1 aliphatic heterocycles. The van der Waals surface area contributed by atoms with Gasteiger partial charge in [-0.1, -0.05) is 6.07 Å². The molecule has 22 heavy (non-hydrogen) atoms. The molecule has 0 atom stereocenters. The van der Waals surface area contributed by atoms with Gasteiger partial charge in [-0.05, 0) is 24.6 Å². The minimum Gasteiger partial charge on any atom is -0.419 e. The van der Waals surface area contributed by atoms with Crippen LogP contribution in [-0.2, 0) is 4.79 Å². The third-order valence-electron chi connectivity index (χ3n) is 3.87. The van der Waals surface area contributed by atoms with Crippen LogP contribution in [0, 0.1) is 6.92 Å². The van der Waals surface area contributed by atoms with Crippen molar-refractivity contribution in [3.8, 4) is 0 Å². The van der Waals surface area contributed by atoms with Crippen molar-refractivity contribution in [3.63, 3.8) is 0 Å². The predicted molar refractivity (Wildman–Crippen MR) is 86.6 cm³/mol. The average molecular weight is 301 g/mol. The largest absolute Gasteiger partial charge is 0.419 e. The summed E-state index contributed by atoms with van der Waals surface area (Å²) in [5, 5.41) is 6.67. The van der Waals surface area contributed by atoms with E-state index in [4.69, 9.17) is 4.42 Å². The zero-order chi connectivity index (χ0) is 15.7. The van der Waals surface area contributed by atoms with E-state index in [1.165, 1.54) is 6.92 Å². The molecule has 0 saturated carbocycles. The second kappa shape index (κ2) is 5.81. The van der Waals surface area contributed by atoms with Gasteiger partial charge in [-0.25, -0.2) is 4.79 Å². The summed E-state index contributed by atoms with van der Waals surface area (Å²) in [6.45, 7) is 6.88. The van der Waals surface area contributed by atoms with Crippen molar-refractivity contribution in [2.45, 2.75) is 13.8 Å². The molecular formula is C16H19N3O3. The first-order valence-corrected chi connectivity index (χ1v) is 7.37. The molecule has 0 radical (unpaired) electrons. The van der Waals surface area contributed by atoms with Gasteiger partial charge in [-0.15, -0.1) is 0 Å². The maximum Gasteiger partial charge on any atom is 0.360 e. The first-order valence-electron chi connectivity index (χ1n) is 7.37. The lowest BCUT2D eigenvalue weighted by molar-refractivity contribution is -0.114. The lowest BCUT2D eigenvalue weighted by Gasteiger charge is -2.29. The smallest absolute Gasteiger partial charge is 0.360 e. The molecule has 0 aliphatic carbocycles. The molecule has 6 nitrogen and oxygen atoms in total. The van der Waals surface area contributed by atoms with Crippen LogP contribution in [-0.4, -0.2) is 32.1 Å². The summed E-state index contributed by atoms with van der Waals surface area (Å²) < 4.78 is 5.53. The van der Waals surface area contributed by atoms with E-state index in [2.05, 4.69) is 15.5 Å². The van der Waals surface area contributed by atoms with Crippen molar-refractivity contribution in [1.29, 1.82) is 0 Å². The van der Waals surface area contributed by atoms with Crippen molar-refractivity contribution in [3.05, 3.63) is 34.2 Å². The molecule has 6 heteroatoms. The lowest BCUT2D eigenvalue weighted by Crippen LogP contribution is -2.43. The van der Waals surface area contributed by atoms with E-state index in [1.807, 2.05) is 19.1 Å². The predicted octanol–water partition coefficient (Wildman–Crippen LogP) is 1.47. The van der Waals surface area contributed by atoms with Crippen molar-refractivity contribution >= 4 is 28.3 Å². The van der Waals surface area contributed by atoms with Gasteiger partial charge in [0.05, 0.1) is 5.69 Å². The summed E-state index contributed by atoms with van der Waals surface area (Å²) in [5.41, 5.74) is 2.17.